The van der Waals surface area contributed by atoms with E-state index in [1.54, 1.807) is 30.1 Å². The molecule has 17 heavy (non-hydrogen) atoms. The van der Waals surface area contributed by atoms with E-state index in [2.05, 4.69) is 13.8 Å². The van der Waals surface area contributed by atoms with Crippen molar-refractivity contribution in [2.24, 2.45) is 5.92 Å². The fourth-order valence-electron chi connectivity index (χ4n) is 1.70. The summed E-state index contributed by atoms with van der Waals surface area (Å²) in [5.41, 5.74) is 12.9. The number of hydrogen-bond donors (Lipinski definition) is 2. The number of nitrogens with zero attached hydrogens (tertiary/aromatic N) is 1. The van der Waals surface area contributed by atoms with E-state index < -0.39 is 0 Å². The Morgan fingerprint density at radius 1 is 1.29 bits per heavy atom. The van der Waals surface area contributed by atoms with Gasteiger partial charge >= 0.3 is 0 Å². The minimum Gasteiger partial charge on any atom is -0.399 e. The molecule has 0 aliphatic rings. The summed E-state index contributed by atoms with van der Waals surface area (Å²) < 4.78 is 0. The first-order chi connectivity index (χ1) is 7.93. The summed E-state index contributed by atoms with van der Waals surface area (Å²) in [5.74, 6) is 0.451. The average Bonchev–Trinajstić information content (AvgIpc) is 2.26. The van der Waals surface area contributed by atoms with Crippen molar-refractivity contribution in [3.05, 3.63) is 23.8 Å². The SMILES string of the molecule is CCC(C)CN(C)C(=O)c1cc(N)cc(N)c1. The summed E-state index contributed by atoms with van der Waals surface area (Å²) in [6.07, 6.45) is 1.05. The van der Waals surface area contributed by atoms with Crippen LogP contribution in [0.2, 0.25) is 0 Å². The number of carbonyl (C=O) groups is 1. The van der Waals surface area contributed by atoms with Gasteiger partial charge in [0, 0.05) is 30.5 Å². The van der Waals surface area contributed by atoms with Gasteiger partial charge in [-0.15, -0.1) is 0 Å². The molecule has 1 amide bonds. The third-order valence-electron chi connectivity index (χ3n) is 2.85. The lowest BCUT2D eigenvalue weighted by atomic mass is 10.1. The molecule has 94 valence electrons. The molecule has 1 aromatic rings. The van der Waals surface area contributed by atoms with Gasteiger partial charge in [-0.3, -0.25) is 4.79 Å². The summed E-state index contributed by atoms with van der Waals surface area (Å²) in [6.45, 7) is 4.98. The standard InChI is InChI=1S/C13H21N3O/c1-4-9(2)8-16(3)13(17)10-5-11(14)7-12(15)6-10/h5-7,9H,4,8,14-15H2,1-3H3. The van der Waals surface area contributed by atoms with Crippen LogP contribution in [0.5, 0.6) is 0 Å². The van der Waals surface area contributed by atoms with E-state index in [1.165, 1.54) is 0 Å². The van der Waals surface area contributed by atoms with Gasteiger partial charge in [-0.1, -0.05) is 20.3 Å². The zero-order valence-electron chi connectivity index (χ0n) is 10.7. The van der Waals surface area contributed by atoms with Crippen molar-refractivity contribution in [1.29, 1.82) is 0 Å². The van der Waals surface area contributed by atoms with Crippen molar-refractivity contribution in [1.82, 2.24) is 4.90 Å². The Morgan fingerprint density at radius 2 is 1.82 bits per heavy atom. The maximum absolute atomic E-state index is 12.1. The second-order valence-electron chi connectivity index (χ2n) is 4.59. The van der Waals surface area contributed by atoms with Crippen molar-refractivity contribution in [3.63, 3.8) is 0 Å². The van der Waals surface area contributed by atoms with Crippen molar-refractivity contribution in [2.45, 2.75) is 20.3 Å². The molecule has 0 spiro atoms. The highest BCUT2D eigenvalue weighted by Crippen LogP contribution is 2.16. The van der Waals surface area contributed by atoms with Crippen LogP contribution < -0.4 is 11.5 Å². The predicted octanol–water partition coefficient (Wildman–Crippen LogP) is 1.97. The molecule has 0 saturated heterocycles. The molecule has 4 N–H and O–H groups in total. The average molecular weight is 235 g/mol. The van der Waals surface area contributed by atoms with Crippen LogP contribution in [0.4, 0.5) is 11.4 Å². The van der Waals surface area contributed by atoms with Gasteiger partial charge in [0.25, 0.3) is 5.91 Å². The molecule has 4 heteroatoms. The van der Waals surface area contributed by atoms with Gasteiger partial charge in [-0.05, 0) is 24.1 Å². The van der Waals surface area contributed by atoms with Crippen LogP contribution in [0.15, 0.2) is 18.2 Å². The lowest BCUT2D eigenvalue weighted by Crippen LogP contribution is -2.31. The number of amides is 1. The lowest BCUT2D eigenvalue weighted by Gasteiger charge is -2.21. The molecule has 1 rings (SSSR count). The normalized spacial score (nSPS) is 12.2. The van der Waals surface area contributed by atoms with Gasteiger partial charge in [0.15, 0.2) is 0 Å². The number of anilines is 2. The molecule has 0 aliphatic carbocycles. The Morgan fingerprint density at radius 3 is 2.29 bits per heavy atom. The van der Waals surface area contributed by atoms with Crippen LogP contribution in [0.1, 0.15) is 30.6 Å². The van der Waals surface area contributed by atoms with Gasteiger partial charge in [-0.2, -0.15) is 0 Å². The smallest absolute Gasteiger partial charge is 0.253 e. The summed E-state index contributed by atoms with van der Waals surface area (Å²) >= 11 is 0. The Bertz CT molecular complexity index is 383. The highest BCUT2D eigenvalue weighted by atomic mass is 16.2. The fourth-order valence-corrected chi connectivity index (χ4v) is 1.70. The number of hydrogen-bond acceptors (Lipinski definition) is 3. The van der Waals surface area contributed by atoms with E-state index in [0.29, 0.717) is 22.9 Å². The second kappa shape index (κ2) is 5.57. The van der Waals surface area contributed by atoms with Crippen LogP contribution in [-0.4, -0.2) is 24.4 Å². The molecule has 1 aromatic carbocycles. The molecular weight excluding hydrogens is 214 g/mol. The number of benzene rings is 1. The number of carbonyl (C=O) groups excluding carboxylic acids is 1. The Labute approximate surface area is 103 Å². The molecule has 1 atom stereocenters. The van der Waals surface area contributed by atoms with Crippen molar-refractivity contribution in [2.75, 3.05) is 25.1 Å². The Balaban J connectivity index is 2.81. The summed E-state index contributed by atoms with van der Waals surface area (Å²) in [6, 6.07) is 4.96. The van der Waals surface area contributed by atoms with Crippen molar-refractivity contribution in [3.8, 4) is 0 Å². The maximum Gasteiger partial charge on any atom is 0.253 e. The van der Waals surface area contributed by atoms with E-state index >= 15 is 0 Å². The van der Waals surface area contributed by atoms with Crippen LogP contribution in [0.25, 0.3) is 0 Å². The summed E-state index contributed by atoms with van der Waals surface area (Å²) in [5, 5.41) is 0. The van der Waals surface area contributed by atoms with E-state index in [4.69, 9.17) is 11.5 Å². The number of rotatable bonds is 4. The molecule has 0 saturated carbocycles. The molecule has 4 nitrogen and oxygen atoms in total. The summed E-state index contributed by atoms with van der Waals surface area (Å²) in [7, 11) is 1.80. The Hall–Kier alpha value is -1.71. The molecule has 0 aromatic heterocycles. The maximum atomic E-state index is 12.1. The van der Waals surface area contributed by atoms with Crippen LogP contribution in [0.3, 0.4) is 0 Å². The number of nitrogens with two attached hydrogens (primary N) is 2. The zero-order valence-corrected chi connectivity index (χ0v) is 10.7. The fraction of sp³-hybridized carbons (Fsp3) is 0.462. The zero-order chi connectivity index (χ0) is 13.0. The predicted molar refractivity (Wildman–Crippen MR) is 71.7 cm³/mol. The summed E-state index contributed by atoms with van der Waals surface area (Å²) in [4.78, 5) is 13.8. The van der Waals surface area contributed by atoms with E-state index in [1.807, 2.05) is 0 Å². The second-order valence-corrected chi connectivity index (χ2v) is 4.59. The molecule has 0 bridgehead atoms. The van der Waals surface area contributed by atoms with Gasteiger partial charge in [-0.25, -0.2) is 0 Å². The van der Waals surface area contributed by atoms with Crippen molar-refractivity contribution >= 4 is 17.3 Å². The third kappa shape index (κ3) is 3.66. The molecule has 0 heterocycles. The highest BCUT2D eigenvalue weighted by Gasteiger charge is 2.14. The molecular formula is C13H21N3O. The molecule has 0 aliphatic heterocycles. The Kier molecular flexibility index (Phi) is 4.37. The number of nitrogen functional groups attached to an aromatic ring is 2. The quantitative estimate of drug-likeness (QED) is 0.784. The lowest BCUT2D eigenvalue weighted by molar-refractivity contribution is 0.0775. The first-order valence-electron chi connectivity index (χ1n) is 5.85. The monoisotopic (exact) mass is 235 g/mol. The van der Waals surface area contributed by atoms with Crippen LogP contribution >= 0.6 is 0 Å². The van der Waals surface area contributed by atoms with Crippen LogP contribution in [-0.2, 0) is 0 Å². The van der Waals surface area contributed by atoms with Gasteiger partial charge < -0.3 is 16.4 Å². The molecule has 0 radical (unpaired) electrons. The minimum atomic E-state index is -0.0377. The highest BCUT2D eigenvalue weighted by molar-refractivity contribution is 5.95. The van der Waals surface area contributed by atoms with Gasteiger partial charge in [0.2, 0.25) is 0 Å². The van der Waals surface area contributed by atoms with Crippen LogP contribution in [0, 0.1) is 5.92 Å². The third-order valence-corrected chi connectivity index (χ3v) is 2.85. The minimum absolute atomic E-state index is 0.0377. The van der Waals surface area contributed by atoms with Gasteiger partial charge in [0.05, 0.1) is 0 Å². The molecule has 1 unspecified atom stereocenters. The molecule has 0 fully saturated rings. The largest absolute Gasteiger partial charge is 0.399 e. The van der Waals surface area contributed by atoms with E-state index in [9.17, 15) is 4.79 Å². The first kappa shape index (κ1) is 13.4. The first-order valence-corrected chi connectivity index (χ1v) is 5.85. The topological polar surface area (TPSA) is 72.3 Å². The van der Waals surface area contributed by atoms with E-state index in [0.717, 1.165) is 13.0 Å². The van der Waals surface area contributed by atoms with Crippen molar-refractivity contribution < 1.29 is 4.79 Å². The van der Waals surface area contributed by atoms with Gasteiger partial charge in [0.1, 0.15) is 0 Å². The van der Waals surface area contributed by atoms with E-state index in [-0.39, 0.29) is 5.91 Å².